The summed E-state index contributed by atoms with van der Waals surface area (Å²) in [4.78, 5) is 6.83. The highest BCUT2D eigenvalue weighted by Crippen LogP contribution is 2.12. The second-order valence-electron chi connectivity index (χ2n) is 5.51. The third kappa shape index (κ3) is 3.84. The van der Waals surface area contributed by atoms with Gasteiger partial charge in [0.2, 0.25) is 0 Å². The summed E-state index contributed by atoms with van der Waals surface area (Å²) >= 11 is 0. The number of hydrogen-bond donors (Lipinski definition) is 1. The van der Waals surface area contributed by atoms with E-state index in [-0.39, 0.29) is 0 Å². The number of nitrogens with two attached hydrogens (primary N) is 1. The molecule has 108 valence electrons. The molecule has 0 spiro atoms. The average molecular weight is 272 g/mol. The van der Waals surface area contributed by atoms with Crippen molar-refractivity contribution in [3.63, 3.8) is 0 Å². The number of rotatable bonds is 6. The first-order valence-corrected chi connectivity index (χ1v) is 7.11. The van der Waals surface area contributed by atoms with Crippen LogP contribution in [0, 0.1) is 0 Å². The van der Waals surface area contributed by atoms with Gasteiger partial charge in [0.05, 0.1) is 0 Å². The van der Waals surface area contributed by atoms with E-state index < -0.39 is 0 Å². The predicted octanol–water partition coefficient (Wildman–Crippen LogP) is 2.46. The van der Waals surface area contributed by atoms with Crippen molar-refractivity contribution in [1.29, 1.82) is 0 Å². The Labute approximate surface area is 121 Å². The van der Waals surface area contributed by atoms with Crippen molar-refractivity contribution < 1.29 is 0 Å². The molecular formula is C16H24N4. The van der Waals surface area contributed by atoms with Gasteiger partial charge in [-0.3, -0.25) is 4.90 Å². The molecule has 1 aromatic heterocycles. The van der Waals surface area contributed by atoms with Crippen molar-refractivity contribution in [1.82, 2.24) is 14.5 Å². The van der Waals surface area contributed by atoms with Crippen LogP contribution in [0.1, 0.15) is 25.2 Å². The summed E-state index contributed by atoms with van der Waals surface area (Å²) in [7, 11) is 2.04. The Bertz CT molecular complexity index is 545. The summed E-state index contributed by atoms with van der Waals surface area (Å²) in [6, 6.07) is 8.62. The Balaban J connectivity index is 1.99. The van der Waals surface area contributed by atoms with Crippen LogP contribution in [0.5, 0.6) is 0 Å². The molecule has 0 saturated heterocycles. The van der Waals surface area contributed by atoms with E-state index in [1.807, 2.05) is 31.6 Å². The van der Waals surface area contributed by atoms with Crippen molar-refractivity contribution in [2.75, 3.05) is 12.3 Å². The van der Waals surface area contributed by atoms with E-state index in [2.05, 4.69) is 40.4 Å². The van der Waals surface area contributed by atoms with Crippen LogP contribution < -0.4 is 5.73 Å². The van der Waals surface area contributed by atoms with Crippen molar-refractivity contribution >= 4 is 5.69 Å². The Hall–Kier alpha value is -1.81. The van der Waals surface area contributed by atoms with Crippen LogP contribution in [0.4, 0.5) is 5.69 Å². The third-order valence-electron chi connectivity index (χ3n) is 3.61. The lowest BCUT2D eigenvalue weighted by atomic mass is 10.1. The number of aryl methyl sites for hydroxylation is 1. The van der Waals surface area contributed by atoms with E-state index in [0.717, 1.165) is 31.0 Å². The topological polar surface area (TPSA) is 47.1 Å². The number of imidazole rings is 1. The summed E-state index contributed by atoms with van der Waals surface area (Å²) in [5, 5.41) is 0. The fourth-order valence-electron chi connectivity index (χ4n) is 2.33. The SMILES string of the molecule is CC(C)N(CCc1nccn1C)Cc1cccc(N)c1. The fourth-order valence-corrected chi connectivity index (χ4v) is 2.33. The van der Waals surface area contributed by atoms with E-state index in [1.165, 1.54) is 5.56 Å². The van der Waals surface area contributed by atoms with Gasteiger partial charge in [0, 0.05) is 50.7 Å². The molecule has 2 rings (SSSR count). The third-order valence-corrected chi connectivity index (χ3v) is 3.61. The summed E-state index contributed by atoms with van der Waals surface area (Å²) in [5.74, 6) is 1.13. The molecule has 0 saturated carbocycles. The average Bonchev–Trinajstić information content (AvgIpc) is 2.80. The first kappa shape index (κ1) is 14.6. The van der Waals surface area contributed by atoms with Gasteiger partial charge < -0.3 is 10.3 Å². The lowest BCUT2D eigenvalue weighted by Crippen LogP contribution is -2.32. The normalized spacial score (nSPS) is 11.4. The number of nitrogens with zero attached hydrogens (tertiary/aromatic N) is 3. The van der Waals surface area contributed by atoms with Crippen LogP contribution in [-0.4, -0.2) is 27.0 Å². The molecule has 20 heavy (non-hydrogen) atoms. The zero-order chi connectivity index (χ0) is 14.5. The van der Waals surface area contributed by atoms with Crippen LogP contribution in [0.25, 0.3) is 0 Å². The minimum Gasteiger partial charge on any atom is -0.399 e. The molecule has 4 nitrogen and oxygen atoms in total. The minimum absolute atomic E-state index is 0.497. The number of nitrogen functional groups attached to an aromatic ring is 1. The number of anilines is 1. The summed E-state index contributed by atoms with van der Waals surface area (Å²) in [6.07, 6.45) is 4.81. The van der Waals surface area contributed by atoms with Crippen molar-refractivity contribution in [2.45, 2.75) is 32.9 Å². The molecular weight excluding hydrogens is 248 g/mol. The van der Waals surface area contributed by atoms with Crippen molar-refractivity contribution in [3.05, 3.63) is 48.0 Å². The molecule has 2 aromatic rings. The second-order valence-corrected chi connectivity index (χ2v) is 5.51. The lowest BCUT2D eigenvalue weighted by Gasteiger charge is -2.26. The van der Waals surface area contributed by atoms with E-state index >= 15 is 0 Å². The van der Waals surface area contributed by atoms with Crippen molar-refractivity contribution in [2.24, 2.45) is 7.05 Å². The monoisotopic (exact) mass is 272 g/mol. The van der Waals surface area contributed by atoms with Gasteiger partial charge in [0.25, 0.3) is 0 Å². The molecule has 1 heterocycles. The minimum atomic E-state index is 0.497. The summed E-state index contributed by atoms with van der Waals surface area (Å²) in [6.45, 7) is 6.37. The number of benzene rings is 1. The predicted molar refractivity (Wildman–Crippen MR) is 83.3 cm³/mol. The maximum atomic E-state index is 5.85. The largest absolute Gasteiger partial charge is 0.399 e. The highest BCUT2D eigenvalue weighted by atomic mass is 15.1. The molecule has 0 fully saturated rings. The van der Waals surface area contributed by atoms with E-state index in [0.29, 0.717) is 6.04 Å². The molecule has 0 unspecified atom stereocenters. The Kier molecular flexibility index (Phi) is 4.79. The summed E-state index contributed by atoms with van der Waals surface area (Å²) in [5.41, 5.74) is 7.94. The first-order valence-electron chi connectivity index (χ1n) is 7.11. The highest BCUT2D eigenvalue weighted by Gasteiger charge is 2.11. The quantitative estimate of drug-likeness (QED) is 0.822. The fraction of sp³-hybridized carbons (Fsp3) is 0.438. The molecule has 0 bridgehead atoms. The molecule has 0 aliphatic carbocycles. The van der Waals surface area contributed by atoms with Gasteiger partial charge in [-0.15, -0.1) is 0 Å². The molecule has 0 atom stereocenters. The van der Waals surface area contributed by atoms with Gasteiger partial charge in [-0.2, -0.15) is 0 Å². The smallest absolute Gasteiger partial charge is 0.109 e. The zero-order valence-corrected chi connectivity index (χ0v) is 12.6. The van der Waals surface area contributed by atoms with E-state index in [9.17, 15) is 0 Å². The Morgan fingerprint density at radius 2 is 2.15 bits per heavy atom. The highest BCUT2D eigenvalue weighted by molar-refractivity contribution is 5.40. The molecule has 2 N–H and O–H groups in total. The first-order chi connectivity index (χ1) is 9.56. The number of aromatic nitrogens is 2. The van der Waals surface area contributed by atoms with Crippen molar-refractivity contribution in [3.8, 4) is 0 Å². The van der Waals surface area contributed by atoms with Crippen LogP contribution in [0.3, 0.4) is 0 Å². The van der Waals surface area contributed by atoms with Crippen LogP contribution in [0.2, 0.25) is 0 Å². The van der Waals surface area contributed by atoms with Crippen LogP contribution in [0.15, 0.2) is 36.7 Å². The van der Waals surface area contributed by atoms with Gasteiger partial charge in [-0.25, -0.2) is 4.98 Å². The summed E-state index contributed by atoms with van der Waals surface area (Å²) < 4.78 is 2.08. The maximum Gasteiger partial charge on any atom is 0.109 e. The Morgan fingerprint density at radius 1 is 1.35 bits per heavy atom. The molecule has 0 radical (unpaired) electrons. The maximum absolute atomic E-state index is 5.85. The van der Waals surface area contributed by atoms with E-state index in [1.54, 1.807) is 0 Å². The standard InChI is InChI=1S/C16H24N4/c1-13(2)20(9-7-16-18-8-10-19(16)3)12-14-5-4-6-15(17)11-14/h4-6,8,10-11,13H,7,9,12,17H2,1-3H3. The Morgan fingerprint density at radius 3 is 2.75 bits per heavy atom. The van der Waals surface area contributed by atoms with Crippen LogP contribution >= 0.6 is 0 Å². The van der Waals surface area contributed by atoms with Gasteiger partial charge in [-0.1, -0.05) is 12.1 Å². The van der Waals surface area contributed by atoms with Gasteiger partial charge >= 0.3 is 0 Å². The zero-order valence-electron chi connectivity index (χ0n) is 12.6. The van der Waals surface area contributed by atoms with Gasteiger partial charge in [0.15, 0.2) is 0 Å². The molecule has 0 aliphatic rings. The molecule has 0 amide bonds. The van der Waals surface area contributed by atoms with Gasteiger partial charge in [0.1, 0.15) is 5.82 Å². The molecule has 4 heteroatoms. The molecule has 0 aliphatic heterocycles. The number of hydrogen-bond acceptors (Lipinski definition) is 3. The second kappa shape index (κ2) is 6.57. The lowest BCUT2D eigenvalue weighted by molar-refractivity contribution is 0.214. The van der Waals surface area contributed by atoms with E-state index in [4.69, 9.17) is 5.73 Å². The van der Waals surface area contributed by atoms with Gasteiger partial charge in [-0.05, 0) is 31.5 Å². The molecule has 1 aromatic carbocycles. The van der Waals surface area contributed by atoms with Crippen LogP contribution in [-0.2, 0) is 20.0 Å².